The van der Waals surface area contributed by atoms with Crippen molar-refractivity contribution in [1.29, 1.82) is 0 Å². The molecule has 0 aliphatic heterocycles. The third kappa shape index (κ3) is 3.41. The Balaban J connectivity index is 1.56. The van der Waals surface area contributed by atoms with Crippen LogP contribution < -0.4 is 10.6 Å². The highest BCUT2D eigenvalue weighted by Crippen LogP contribution is 2.41. The van der Waals surface area contributed by atoms with Gasteiger partial charge in [0.25, 0.3) is 0 Å². The summed E-state index contributed by atoms with van der Waals surface area (Å²) in [5.41, 5.74) is 0. The number of aromatic nitrogens is 2. The van der Waals surface area contributed by atoms with Gasteiger partial charge in [0.15, 0.2) is 5.13 Å². The summed E-state index contributed by atoms with van der Waals surface area (Å²) < 4.78 is 0. The number of hydrogen-bond acceptors (Lipinski definition) is 6. The summed E-state index contributed by atoms with van der Waals surface area (Å²) in [7, 11) is 0. The fourth-order valence-corrected chi connectivity index (χ4v) is 3.54. The number of thiazole rings is 2. The van der Waals surface area contributed by atoms with E-state index < -0.39 is 0 Å². The number of rotatable bonds is 6. The predicted octanol–water partition coefficient (Wildman–Crippen LogP) is 2.59. The van der Waals surface area contributed by atoms with Crippen LogP contribution in [0.1, 0.15) is 28.8 Å². The van der Waals surface area contributed by atoms with E-state index in [-0.39, 0.29) is 11.9 Å². The molecular formula is C13H16N4OS2. The summed E-state index contributed by atoms with van der Waals surface area (Å²) >= 11 is 3.13. The zero-order valence-corrected chi connectivity index (χ0v) is 12.8. The number of hydrogen-bond donors (Lipinski definition) is 2. The van der Waals surface area contributed by atoms with Crippen molar-refractivity contribution in [2.75, 3.05) is 11.9 Å². The molecule has 5 nitrogen and oxygen atoms in total. The summed E-state index contributed by atoms with van der Waals surface area (Å²) in [6.45, 7) is 2.35. The molecule has 1 aliphatic carbocycles. The standard InChI is InChI=1S/C13H16N4OS2/c1-8-6-16-12(20-8)11(9-2-3-9)15-7-10(18)17-13-14-4-5-19-13/h4-6,9,11,15H,2-3,7H2,1H3,(H,14,17,18)/t11-/m1/s1. The lowest BCUT2D eigenvalue weighted by Crippen LogP contribution is -2.32. The third-order valence-electron chi connectivity index (χ3n) is 3.16. The van der Waals surface area contributed by atoms with Gasteiger partial charge in [0.1, 0.15) is 5.01 Å². The first-order chi connectivity index (χ1) is 9.72. The number of carbonyl (C=O) groups excluding carboxylic acids is 1. The van der Waals surface area contributed by atoms with Gasteiger partial charge in [0.2, 0.25) is 5.91 Å². The highest BCUT2D eigenvalue weighted by molar-refractivity contribution is 7.13. The monoisotopic (exact) mass is 308 g/mol. The van der Waals surface area contributed by atoms with Gasteiger partial charge in [-0.1, -0.05) is 0 Å². The highest BCUT2D eigenvalue weighted by atomic mass is 32.1. The molecule has 2 aromatic rings. The fourth-order valence-electron chi connectivity index (χ4n) is 2.05. The van der Waals surface area contributed by atoms with E-state index in [0.717, 1.165) is 5.01 Å². The molecule has 1 saturated carbocycles. The van der Waals surface area contributed by atoms with Crippen LogP contribution in [0.25, 0.3) is 0 Å². The molecule has 2 aromatic heterocycles. The van der Waals surface area contributed by atoms with Crippen LogP contribution in [-0.2, 0) is 4.79 Å². The van der Waals surface area contributed by atoms with Crippen molar-refractivity contribution in [1.82, 2.24) is 15.3 Å². The molecule has 0 spiro atoms. The summed E-state index contributed by atoms with van der Waals surface area (Å²) in [5, 5.41) is 9.69. The van der Waals surface area contributed by atoms with Crippen LogP contribution in [0.5, 0.6) is 0 Å². The first-order valence-electron chi connectivity index (χ1n) is 6.57. The maximum atomic E-state index is 11.9. The molecule has 0 saturated heterocycles. The van der Waals surface area contributed by atoms with Gasteiger partial charge >= 0.3 is 0 Å². The van der Waals surface area contributed by atoms with Crippen LogP contribution in [-0.4, -0.2) is 22.4 Å². The lowest BCUT2D eigenvalue weighted by Gasteiger charge is -2.15. The molecule has 0 bridgehead atoms. The van der Waals surface area contributed by atoms with Crippen molar-refractivity contribution >= 4 is 33.7 Å². The zero-order valence-electron chi connectivity index (χ0n) is 11.1. The first kappa shape index (κ1) is 13.7. The number of carbonyl (C=O) groups is 1. The number of nitrogens with one attached hydrogen (secondary N) is 2. The average molecular weight is 308 g/mol. The number of anilines is 1. The Labute approximate surface area is 125 Å². The van der Waals surface area contributed by atoms with Crippen molar-refractivity contribution < 1.29 is 4.79 Å². The molecule has 106 valence electrons. The molecule has 1 atom stereocenters. The summed E-state index contributed by atoms with van der Waals surface area (Å²) in [6.07, 6.45) is 6.00. The Morgan fingerprint density at radius 1 is 1.50 bits per heavy atom. The second-order valence-corrected chi connectivity index (χ2v) is 7.05. The molecule has 3 rings (SSSR count). The molecule has 1 amide bonds. The number of aryl methyl sites for hydroxylation is 1. The predicted molar refractivity (Wildman–Crippen MR) is 81.1 cm³/mol. The number of amides is 1. The molecule has 2 N–H and O–H groups in total. The van der Waals surface area contributed by atoms with Crippen LogP contribution in [0.2, 0.25) is 0 Å². The van der Waals surface area contributed by atoms with Crippen molar-refractivity contribution in [2.24, 2.45) is 5.92 Å². The molecule has 7 heteroatoms. The Hall–Kier alpha value is -1.31. The topological polar surface area (TPSA) is 66.9 Å². The Morgan fingerprint density at radius 2 is 2.35 bits per heavy atom. The summed E-state index contributed by atoms with van der Waals surface area (Å²) in [4.78, 5) is 21.6. The van der Waals surface area contributed by atoms with Crippen molar-refractivity contribution in [2.45, 2.75) is 25.8 Å². The minimum Gasteiger partial charge on any atom is -0.301 e. The van der Waals surface area contributed by atoms with Gasteiger partial charge in [-0.2, -0.15) is 0 Å². The van der Waals surface area contributed by atoms with Crippen molar-refractivity contribution in [3.05, 3.63) is 27.7 Å². The summed E-state index contributed by atoms with van der Waals surface area (Å²) in [6, 6.07) is 0.204. The van der Waals surface area contributed by atoms with E-state index in [9.17, 15) is 4.79 Å². The van der Waals surface area contributed by atoms with Gasteiger partial charge in [0, 0.05) is 22.7 Å². The first-order valence-corrected chi connectivity index (χ1v) is 8.27. The Kier molecular flexibility index (Phi) is 4.09. The van der Waals surface area contributed by atoms with Crippen LogP contribution in [0, 0.1) is 12.8 Å². The van der Waals surface area contributed by atoms with E-state index in [4.69, 9.17) is 0 Å². The molecule has 0 unspecified atom stereocenters. The van der Waals surface area contributed by atoms with Crippen LogP contribution >= 0.6 is 22.7 Å². The van der Waals surface area contributed by atoms with E-state index in [1.165, 1.54) is 29.1 Å². The fraction of sp³-hybridized carbons (Fsp3) is 0.462. The van der Waals surface area contributed by atoms with Gasteiger partial charge in [-0.15, -0.1) is 22.7 Å². The Bertz CT molecular complexity index is 577. The molecule has 1 aliphatic rings. The van der Waals surface area contributed by atoms with E-state index in [0.29, 0.717) is 17.6 Å². The van der Waals surface area contributed by atoms with E-state index in [1.807, 2.05) is 11.6 Å². The SMILES string of the molecule is Cc1cnc([C@H](NCC(=O)Nc2nccs2)C2CC2)s1. The third-order valence-corrected chi connectivity index (χ3v) is 4.84. The lowest BCUT2D eigenvalue weighted by atomic mass is 10.2. The minimum atomic E-state index is -0.0566. The second-order valence-electron chi connectivity index (χ2n) is 4.89. The maximum absolute atomic E-state index is 11.9. The van der Waals surface area contributed by atoms with E-state index >= 15 is 0 Å². The van der Waals surface area contributed by atoms with Gasteiger partial charge < -0.3 is 5.32 Å². The zero-order chi connectivity index (χ0) is 13.9. The number of nitrogens with zero attached hydrogens (tertiary/aromatic N) is 2. The largest absolute Gasteiger partial charge is 0.301 e. The normalized spacial score (nSPS) is 16.1. The lowest BCUT2D eigenvalue weighted by molar-refractivity contribution is -0.115. The van der Waals surface area contributed by atoms with E-state index in [1.54, 1.807) is 17.5 Å². The van der Waals surface area contributed by atoms with E-state index in [2.05, 4.69) is 27.5 Å². The van der Waals surface area contributed by atoms with Crippen LogP contribution in [0.15, 0.2) is 17.8 Å². The minimum absolute atomic E-state index is 0.0566. The molecular weight excluding hydrogens is 292 g/mol. The van der Waals surface area contributed by atoms with Gasteiger partial charge in [-0.3, -0.25) is 10.1 Å². The average Bonchev–Trinajstić information content (AvgIpc) is 2.95. The van der Waals surface area contributed by atoms with Crippen LogP contribution in [0.3, 0.4) is 0 Å². The van der Waals surface area contributed by atoms with Crippen molar-refractivity contribution in [3.63, 3.8) is 0 Å². The molecule has 1 fully saturated rings. The maximum Gasteiger partial charge on any atom is 0.240 e. The van der Waals surface area contributed by atoms with Gasteiger partial charge in [-0.05, 0) is 25.7 Å². The van der Waals surface area contributed by atoms with Crippen LogP contribution in [0.4, 0.5) is 5.13 Å². The highest BCUT2D eigenvalue weighted by Gasteiger charge is 2.34. The molecule has 0 aromatic carbocycles. The van der Waals surface area contributed by atoms with Gasteiger partial charge in [0.05, 0.1) is 12.6 Å². The summed E-state index contributed by atoms with van der Waals surface area (Å²) in [5.74, 6) is 0.562. The van der Waals surface area contributed by atoms with Crippen molar-refractivity contribution in [3.8, 4) is 0 Å². The molecule has 0 radical (unpaired) electrons. The Morgan fingerprint density at radius 3 is 2.95 bits per heavy atom. The molecule has 2 heterocycles. The van der Waals surface area contributed by atoms with Gasteiger partial charge in [-0.25, -0.2) is 9.97 Å². The molecule has 20 heavy (non-hydrogen) atoms. The quantitative estimate of drug-likeness (QED) is 0.861. The second kappa shape index (κ2) is 5.99. The smallest absolute Gasteiger partial charge is 0.240 e.